The third-order valence-electron chi connectivity index (χ3n) is 4.03. The molecule has 2 aliphatic rings. The molecule has 6 heteroatoms. The van der Waals surface area contributed by atoms with Gasteiger partial charge in [0.1, 0.15) is 19.0 Å². The second-order valence-electron chi connectivity index (χ2n) is 5.46. The van der Waals surface area contributed by atoms with Crippen LogP contribution in [0.2, 0.25) is 0 Å². The Hall–Kier alpha value is -2.08. The minimum atomic E-state index is -0.341. The first-order chi connectivity index (χ1) is 11.1. The van der Waals surface area contributed by atoms with Crippen molar-refractivity contribution in [3.05, 3.63) is 51.7 Å². The van der Waals surface area contributed by atoms with E-state index in [1.165, 1.54) is 12.1 Å². The van der Waals surface area contributed by atoms with Crippen LogP contribution in [-0.2, 0) is 6.42 Å². The molecule has 0 saturated carbocycles. The van der Waals surface area contributed by atoms with E-state index in [-0.39, 0.29) is 11.7 Å². The highest BCUT2D eigenvalue weighted by Gasteiger charge is 2.28. The van der Waals surface area contributed by atoms with E-state index in [1.54, 1.807) is 23.1 Å². The molecule has 0 atom stereocenters. The van der Waals surface area contributed by atoms with Crippen molar-refractivity contribution in [1.82, 2.24) is 0 Å². The van der Waals surface area contributed by atoms with Crippen LogP contribution in [0.1, 0.15) is 15.9 Å². The van der Waals surface area contributed by atoms with Crippen LogP contribution >= 0.6 is 15.9 Å². The van der Waals surface area contributed by atoms with E-state index >= 15 is 0 Å². The number of halogens is 2. The number of amides is 1. The molecule has 118 valence electrons. The highest BCUT2D eigenvalue weighted by Crippen LogP contribution is 2.39. The maximum Gasteiger partial charge on any atom is 0.258 e. The third-order valence-corrected chi connectivity index (χ3v) is 4.62. The lowest BCUT2D eigenvalue weighted by molar-refractivity contribution is 0.0988. The van der Waals surface area contributed by atoms with Crippen LogP contribution < -0.4 is 14.4 Å². The molecule has 0 N–H and O–H groups in total. The number of hydrogen-bond acceptors (Lipinski definition) is 3. The molecule has 2 aromatic carbocycles. The molecule has 2 heterocycles. The molecular formula is C17H13BrFNO3. The average Bonchev–Trinajstić information content (AvgIpc) is 2.97. The Bertz CT molecular complexity index is 809. The zero-order chi connectivity index (χ0) is 16.0. The zero-order valence-electron chi connectivity index (χ0n) is 12.1. The molecule has 0 fully saturated rings. The summed E-state index contributed by atoms with van der Waals surface area (Å²) in [5.41, 5.74) is 2.11. The largest absolute Gasteiger partial charge is 0.486 e. The van der Waals surface area contributed by atoms with Gasteiger partial charge >= 0.3 is 0 Å². The summed E-state index contributed by atoms with van der Waals surface area (Å²) >= 11 is 3.42. The first-order valence-corrected chi connectivity index (χ1v) is 8.12. The summed E-state index contributed by atoms with van der Waals surface area (Å²) in [6.45, 7) is 1.48. The summed E-state index contributed by atoms with van der Waals surface area (Å²) in [5.74, 6) is 0.645. The van der Waals surface area contributed by atoms with Crippen LogP contribution in [0.15, 0.2) is 34.8 Å². The maximum atomic E-state index is 13.5. The van der Waals surface area contributed by atoms with E-state index in [2.05, 4.69) is 15.9 Å². The number of ether oxygens (including phenoxy) is 2. The Kier molecular flexibility index (Phi) is 3.49. The van der Waals surface area contributed by atoms with Gasteiger partial charge < -0.3 is 14.4 Å². The summed E-state index contributed by atoms with van der Waals surface area (Å²) in [5, 5.41) is 0. The fourth-order valence-corrected chi connectivity index (χ4v) is 3.51. The molecule has 0 spiro atoms. The van der Waals surface area contributed by atoms with E-state index in [9.17, 15) is 9.18 Å². The smallest absolute Gasteiger partial charge is 0.258 e. The van der Waals surface area contributed by atoms with E-state index in [4.69, 9.17) is 9.47 Å². The summed E-state index contributed by atoms with van der Waals surface area (Å²) in [6, 6.07) is 7.96. The number of fused-ring (bicyclic) bond motifs is 2. The second-order valence-corrected chi connectivity index (χ2v) is 6.32. The maximum absolute atomic E-state index is 13.5. The van der Waals surface area contributed by atoms with E-state index in [1.807, 2.05) is 0 Å². The fraction of sp³-hybridized carbons (Fsp3) is 0.235. The minimum absolute atomic E-state index is 0.174. The van der Waals surface area contributed by atoms with Crippen LogP contribution in [0, 0.1) is 5.82 Å². The number of carbonyl (C=O) groups is 1. The van der Waals surface area contributed by atoms with Crippen molar-refractivity contribution in [3.8, 4) is 11.5 Å². The third kappa shape index (κ3) is 2.47. The van der Waals surface area contributed by atoms with Gasteiger partial charge in [-0.1, -0.05) is 6.07 Å². The van der Waals surface area contributed by atoms with E-state index in [0.717, 1.165) is 12.0 Å². The molecule has 4 nitrogen and oxygen atoms in total. The predicted octanol–water partition coefficient (Wildman–Crippen LogP) is 3.56. The summed E-state index contributed by atoms with van der Waals surface area (Å²) in [7, 11) is 0. The zero-order valence-corrected chi connectivity index (χ0v) is 13.7. The van der Waals surface area contributed by atoms with Crippen molar-refractivity contribution in [2.24, 2.45) is 0 Å². The fourth-order valence-electron chi connectivity index (χ4n) is 2.95. The molecule has 2 aromatic rings. The lowest BCUT2D eigenvalue weighted by Crippen LogP contribution is -2.29. The topological polar surface area (TPSA) is 38.8 Å². The Balaban J connectivity index is 1.71. The lowest BCUT2D eigenvalue weighted by Gasteiger charge is -2.22. The van der Waals surface area contributed by atoms with E-state index in [0.29, 0.717) is 47.0 Å². The van der Waals surface area contributed by atoms with Crippen LogP contribution in [0.3, 0.4) is 0 Å². The molecule has 0 saturated heterocycles. The molecule has 0 unspecified atom stereocenters. The minimum Gasteiger partial charge on any atom is -0.486 e. The van der Waals surface area contributed by atoms with Crippen molar-refractivity contribution in [1.29, 1.82) is 0 Å². The first kappa shape index (κ1) is 14.5. The van der Waals surface area contributed by atoms with Gasteiger partial charge in [0.05, 0.1) is 10.2 Å². The Morgan fingerprint density at radius 1 is 1.17 bits per heavy atom. The standard InChI is InChI=1S/C17H13BrFNO3/c18-13-7-11(8-15-16(13)23-6-5-22-15)17(21)20-4-3-10-1-2-12(19)9-14(10)20/h1-2,7-9H,3-6H2. The summed E-state index contributed by atoms with van der Waals surface area (Å²) in [4.78, 5) is 14.5. The van der Waals surface area contributed by atoms with Crippen LogP contribution in [-0.4, -0.2) is 25.7 Å². The molecule has 0 radical (unpaired) electrons. The highest BCUT2D eigenvalue weighted by molar-refractivity contribution is 9.10. The van der Waals surface area contributed by atoms with Crippen LogP contribution in [0.25, 0.3) is 0 Å². The predicted molar refractivity (Wildman–Crippen MR) is 86.9 cm³/mol. The summed E-state index contributed by atoms with van der Waals surface area (Å²) in [6.07, 6.45) is 0.729. The highest BCUT2D eigenvalue weighted by atomic mass is 79.9. The second kappa shape index (κ2) is 5.53. The molecule has 4 rings (SSSR count). The SMILES string of the molecule is O=C(c1cc(Br)c2c(c1)OCCO2)N1CCc2ccc(F)cc21. The Labute approximate surface area is 140 Å². The van der Waals surface area contributed by atoms with Gasteiger partial charge in [0.15, 0.2) is 11.5 Å². The Morgan fingerprint density at radius 2 is 2.00 bits per heavy atom. The van der Waals surface area contributed by atoms with Crippen molar-refractivity contribution >= 4 is 27.5 Å². The van der Waals surface area contributed by atoms with Crippen LogP contribution in [0.5, 0.6) is 11.5 Å². The Morgan fingerprint density at radius 3 is 2.87 bits per heavy atom. The van der Waals surface area contributed by atoms with Crippen molar-refractivity contribution in [3.63, 3.8) is 0 Å². The number of carbonyl (C=O) groups excluding carboxylic acids is 1. The molecule has 23 heavy (non-hydrogen) atoms. The molecule has 2 aliphatic heterocycles. The van der Waals surface area contributed by atoms with Crippen LogP contribution in [0.4, 0.5) is 10.1 Å². The van der Waals surface area contributed by atoms with Gasteiger partial charge in [0.2, 0.25) is 0 Å². The number of benzene rings is 2. The van der Waals surface area contributed by atoms with Gasteiger partial charge in [0, 0.05) is 12.1 Å². The number of rotatable bonds is 1. The molecular weight excluding hydrogens is 365 g/mol. The van der Waals surface area contributed by atoms with Gasteiger partial charge in [-0.2, -0.15) is 0 Å². The molecule has 0 bridgehead atoms. The van der Waals surface area contributed by atoms with Crippen molar-refractivity contribution in [2.45, 2.75) is 6.42 Å². The average molecular weight is 378 g/mol. The molecule has 1 amide bonds. The van der Waals surface area contributed by atoms with Gasteiger partial charge in [-0.25, -0.2) is 4.39 Å². The monoisotopic (exact) mass is 377 g/mol. The number of nitrogens with zero attached hydrogens (tertiary/aromatic N) is 1. The number of hydrogen-bond donors (Lipinski definition) is 0. The normalized spacial score (nSPS) is 15.5. The van der Waals surface area contributed by atoms with Gasteiger partial charge in [-0.3, -0.25) is 4.79 Å². The van der Waals surface area contributed by atoms with Gasteiger partial charge in [-0.05, 0) is 52.2 Å². The first-order valence-electron chi connectivity index (χ1n) is 7.33. The molecule has 0 aromatic heterocycles. The van der Waals surface area contributed by atoms with E-state index < -0.39 is 0 Å². The number of anilines is 1. The summed E-state index contributed by atoms with van der Waals surface area (Å²) < 4.78 is 25.3. The quantitative estimate of drug-likeness (QED) is 0.762. The van der Waals surface area contributed by atoms with Gasteiger partial charge in [-0.15, -0.1) is 0 Å². The molecule has 0 aliphatic carbocycles. The van der Waals surface area contributed by atoms with Crippen molar-refractivity contribution in [2.75, 3.05) is 24.7 Å². The van der Waals surface area contributed by atoms with Gasteiger partial charge in [0.25, 0.3) is 5.91 Å². The lowest BCUT2D eigenvalue weighted by atomic mass is 10.1. The van der Waals surface area contributed by atoms with Crippen molar-refractivity contribution < 1.29 is 18.7 Å².